The number of amides is 1. The Balaban J connectivity index is 1.65. The molecular formula is C23H20N2O5. The van der Waals surface area contributed by atoms with Crippen LogP contribution in [-0.4, -0.2) is 26.9 Å². The van der Waals surface area contributed by atoms with Crippen molar-refractivity contribution in [2.45, 2.75) is 6.17 Å². The van der Waals surface area contributed by atoms with Crippen LogP contribution in [0, 0.1) is 0 Å². The number of carbonyl (C=O) groups is 1. The Bertz CT molecular complexity index is 1110. The lowest BCUT2D eigenvalue weighted by molar-refractivity contribution is 0.0974. The number of nitrogens with one attached hydrogen (secondary N) is 1. The summed E-state index contributed by atoms with van der Waals surface area (Å²) >= 11 is 0. The van der Waals surface area contributed by atoms with E-state index in [4.69, 9.17) is 18.9 Å². The van der Waals surface area contributed by atoms with Crippen molar-refractivity contribution in [3.63, 3.8) is 0 Å². The van der Waals surface area contributed by atoms with Gasteiger partial charge in [-0.2, -0.15) is 0 Å². The predicted molar refractivity (Wildman–Crippen MR) is 112 cm³/mol. The van der Waals surface area contributed by atoms with Gasteiger partial charge in [0.25, 0.3) is 5.91 Å². The molecule has 7 nitrogen and oxygen atoms in total. The molecule has 0 bridgehead atoms. The van der Waals surface area contributed by atoms with E-state index in [1.54, 1.807) is 19.1 Å². The molecule has 0 spiro atoms. The standard InChI is InChI=1S/C23H20N2O5/c1-27-16-9-7-15(8-10-16)25-22(24-18-6-4-3-5-17(18)23(25)26)14-11-19(28-2)21-20(12-14)29-13-30-21/h3-12,22,24H,13H2,1-2H3. The highest BCUT2D eigenvalue weighted by Crippen LogP contribution is 2.45. The molecule has 0 saturated carbocycles. The topological polar surface area (TPSA) is 69.3 Å². The molecule has 0 fully saturated rings. The summed E-state index contributed by atoms with van der Waals surface area (Å²) in [6.45, 7) is 0.136. The molecule has 0 aromatic heterocycles. The maximum absolute atomic E-state index is 13.5. The minimum atomic E-state index is -0.468. The molecule has 1 atom stereocenters. The number of hydrogen-bond donors (Lipinski definition) is 1. The minimum Gasteiger partial charge on any atom is -0.497 e. The minimum absolute atomic E-state index is 0.101. The van der Waals surface area contributed by atoms with E-state index in [0.29, 0.717) is 22.8 Å². The maximum atomic E-state index is 13.5. The van der Waals surface area contributed by atoms with Crippen molar-refractivity contribution in [3.8, 4) is 23.0 Å². The van der Waals surface area contributed by atoms with E-state index < -0.39 is 6.17 Å². The van der Waals surface area contributed by atoms with Gasteiger partial charge in [0.1, 0.15) is 11.9 Å². The molecule has 152 valence electrons. The van der Waals surface area contributed by atoms with Crippen LogP contribution in [-0.2, 0) is 0 Å². The van der Waals surface area contributed by atoms with Gasteiger partial charge in [-0.25, -0.2) is 0 Å². The fourth-order valence-electron chi connectivity index (χ4n) is 3.80. The molecule has 1 unspecified atom stereocenters. The largest absolute Gasteiger partial charge is 0.497 e. The number of nitrogens with zero attached hydrogens (tertiary/aromatic N) is 1. The Hall–Kier alpha value is -3.87. The number of carbonyl (C=O) groups excluding carboxylic acids is 1. The van der Waals surface area contributed by atoms with E-state index in [2.05, 4.69) is 5.32 Å². The summed E-state index contributed by atoms with van der Waals surface area (Å²) in [5, 5.41) is 3.49. The average Bonchev–Trinajstić information content (AvgIpc) is 3.27. The van der Waals surface area contributed by atoms with Crippen molar-refractivity contribution in [3.05, 3.63) is 71.8 Å². The lowest BCUT2D eigenvalue weighted by Gasteiger charge is -2.38. The van der Waals surface area contributed by atoms with Crippen molar-refractivity contribution >= 4 is 17.3 Å². The van der Waals surface area contributed by atoms with Gasteiger partial charge in [0.2, 0.25) is 12.5 Å². The van der Waals surface area contributed by atoms with E-state index >= 15 is 0 Å². The van der Waals surface area contributed by atoms with Crippen LogP contribution >= 0.6 is 0 Å². The van der Waals surface area contributed by atoms with Gasteiger partial charge in [0.05, 0.1) is 19.8 Å². The molecular weight excluding hydrogens is 384 g/mol. The number of anilines is 2. The Morgan fingerprint density at radius 2 is 1.80 bits per heavy atom. The van der Waals surface area contributed by atoms with Crippen molar-refractivity contribution < 1.29 is 23.7 Å². The maximum Gasteiger partial charge on any atom is 0.262 e. The smallest absolute Gasteiger partial charge is 0.262 e. The molecule has 1 amide bonds. The number of ether oxygens (including phenoxy) is 4. The first-order chi connectivity index (χ1) is 14.7. The van der Waals surface area contributed by atoms with Gasteiger partial charge in [0, 0.05) is 16.9 Å². The molecule has 2 aliphatic heterocycles. The Morgan fingerprint density at radius 1 is 1.00 bits per heavy atom. The molecule has 0 radical (unpaired) electrons. The molecule has 5 rings (SSSR count). The molecule has 2 heterocycles. The number of rotatable bonds is 4. The van der Waals surface area contributed by atoms with Gasteiger partial charge in [-0.3, -0.25) is 9.69 Å². The van der Waals surface area contributed by atoms with Crippen molar-refractivity contribution in [2.75, 3.05) is 31.2 Å². The summed E-state index contributed by atoms with van der Waals surface area (Å²) < 4.78 is 21.9. The van der Waals surface area contributed by atoms with Gasteiger partial charge in [0.15, 0.2) is 11.5 Å². The summed E-state index contributed by atoms with van der Waals surface area (Å²) in [6.07, 6.45) is -0.468. The van der Waals surface area contributed by atoms with Crippen LogP contribution in [0.25, 0.3) is 0 Å². The second-order valence-corrected chi connectivity index (χ2v) is 6.92. The molecule has 3 aromatic carbocycles. The van der Waals surface area contributed by atoms with E-state index in [-0.39, 0.29) is 12.7 Å². The highest BCUT2D eigenvalue weighted by molar-refractivity contribution is 6.12. The second kappa shape index (κ2) is 7.18. The molecule has 3 aromatic rings. The normalized spacial score (nSPS) is 16.7. The Labute approximate surface area is 173 Å². The average molecular weight is 404 g/mol. The highest BCUT2D eigenvalue weighted by Gasteiger charge is 2.35. The number of methoxy groups -OCH3 is 2. The van der Waals surface area contributed by atoms with E-state index in [1.807, 2.05) is 60.7 Å². The van der Waals surface area contributed by atoms with E-state index in [1.165, 1.54) is 0 Å². The molecule has 30 heavy (non-hydrogen) atoms. The summed E-state index contributed by atoms with van der Waals surface area (Å²) in [4.78, 5) is 15.2. The van der Waals surface area contributed by atoms with Crippen LogP contribution in [0.5, 0.6) is 23.0 Å². The zero-order chi connectivity index (χ0) is 20.7. The SMILES string of the molecule is COc1ccc(N2C(=O)c3ccccc3NC2c2cc(OC)c3c(c2)OCO3)cc1. The fourth-order valence-corrected chi connectivity index (χ4v) is 3.80. The van der Waals surface area contributed by atoms with Crippen molar-refractivity contribution in [1.29, 1.82) is 0 Å². The van der Waals surface area contributed by atoms with Crippen molar-refractivity contribution in [1.82, 2.24) is 0 Å². The zero-order valence-corrected chi connectivity index (χ0v) is 16.5. The lowest BCUT2D eigenvalue weighted by atomic mass is 10.0. The molecule has 0 aliphatic carbocycles. The summed E-state index contributed by atoms with van der Waals surface area (Å²) in [5.41, 5.74) is 2.94. The van der Waals surface area contributed by atoms with E-state index in [0.717, 1.165) is 22.7 Å². The van der Waals surface area contributed by atoms with Crippen molar-refractivity contribution in [2.24, 2.45) is 0 Å². The van der Waals surface area contributed by atoms with Crippen LogP contribution in [0.1, 0.15) is 22.1 Å². The van der Waals surface area contributed by atoms with Gasteiger partial charge >= 0.3 is 0 Å². The van der Waals surface area contributed by atoms with Gasteiger partial charge in [-0.1, -0.05) is 12.1 Å². The monoisotopic (exact) mass is 404 g/mol. The quantitative estimate of drug-likeness (QED) is 0.703. The van der Waals surface area contributed by atoms with Crippen LogP contribution in [0.3, 0.4) is 0 Å². The first-order valence-electron chi connectivity index (χ1n) is 9.50. The molecule has 2 aliphatic rings. The molecule has 7 heteroatoms. The van der Waals surface area contributed by atoms with Crippen LogP contribution < -0.4 is 29.2 Å². The Morgan fingerprint density at radius 3 is 2.57 bits per heavy atom. The highest BCUT2D eigenvalue weighted by atomic mass is 16.7. The van der Waals surface area contributed by atoms with Crippen LogP contribution in [0.4, 0.5) is 11.4 Å². The third-order valence-electron chi connectivity index (χ3n) is 5.27. The van der Waals surface area contributed by atoms with Gasteiger partial charge in [-0.15, -0.1) is 0 Å². The Kier molecular flexibility index (Phi) is 4.35. The summed E-state index contributed by atoms with van der Waals surface area (Å²) in [5.74, 6) is 2.34. The zero-order valence-electron chi connectivity index (χ0n) is 16.5. The van der Waals surface area contributed by atoms with E-state index in [9.17, 15) is 4.79 Å². The summed E-state index contributed by atoms with van der Waals surface area (Å²) in [7, 11) is 3.19. The van der Waals surface area contributed by atoms with Crippen LogP contribution in [0.15, 0.2) is 60.7 Å². The predicted octanol–water partition coefficient (Wildman–Crippen LogP) is 4.20. The van der Waals surface area contributed by atoms with Gasteiger partial charge in [-0.05, 0) is 48.5 Å². The molecule has 0 saturated heterocycles. The number of benzene rings is 3. The van der Waals surface area contributed by atoms with Gasteiger partial charge < -0.3 is 24.3 Å². The fraction of sp³-hybridized carbons (Fsp3) is 0.174. The third kappa shape index (κ3) is 2.86. The van der Waals surface area contributed by atoms with Crippen LogP contribution in [0.2, 0.25) is 0 Å². The number of fused-ring (bicyclic) bond motifs is 2. The number of hydrogen-bond acceptors (Lipinski definition) is 6. The lowest BCUT2D eigenvalue weighted by Crippen LogP contribution is -2.43. The second-order valence-electron chi connectivity index (χ2n) is 6.92. The first kappa shape index (κ1) is 18.2. The third-order valence-corrected chi connectivity index (χ3v) is 5.27. The first-order valence-corrected chi connectivity index (χ1v) is 9.50. The number of para-hydroxylation sites is 1. The summed E-state index contributed by atoms with van der Waals surface area (Å²) in [6, 6.07) is 18.6. The molecule has 1 N–H and O–H groups in total.